The number of halogens is 1. The predicted molar refractivity (Wildman–Crippen MR) is 49.0 cm³/mol. The van der Waals surface area contributed by atoms with Gasteiger partial charge in [-0.1, -0.05) is 13.0 Å². The SMILES string of the molecule is C=CCSP(Br)CC. The molecule has 0 nitrogen and oxygen atoms in total. The van der Waals surface area contributed by atoms with Crippen molar-refractivity contribution < 1.29 is 0 Å². The first-order valence-electron chi connectivity index (χ1n) is 2.48. The summed E-state index contributed by atoms with van der Waals surface area (Å²) in [6.07, 6.45) is 3.19. The second-order valence-electron chi connectivity index (χ2n) is 1.22. The fourth-order valence-electron chi connectivity index (χ4n) is 0.225. The fourth-order valence-corrected chi connectivity index (χ4v) is 3.09. The van der Waals surface area contributed by atoms with Gasteiger partial charge < -0.3 is 0 Å². The predicted octanol–water partition coefficient (Wildman–Crippen LogP) is 3.63. The van der Waals surface area contributed by atoms with Crippen molar-refractivity contribution in [3.05, 3.63) is 12.7 Å². The van der Waals surface area contributed by atoms with E-state index < -0.39 is 0 Å². The molecular weight excluding hydrogens is 203 g/mol. The Bertz CT molecular complexity index is 67.4. The molecule has 0 aliphatic heterocycles. The zero-order chi connectivity index (χ0) is 6.41. The summed E-state index contributed by atoms with van der Waals surface area (Å²) in [5.74, 6) is 1.15. The first kappa shape index (κ1) is 9.00. The molecule has 0 aromatic rings. The van der Waals surface area contributed by atoms with Crippen molar-refractivity contribution >= 4 is 32.7 Å². The maximum atomic E-state index is 3.64. The summed E-state index contributed by atoms with van der Waals surface area (Å²) < 4.78 is 0. The van der Waals surface area contributed by atoms with E-state index in [1.54, 1.807) is 0 Å². The van der Waals surface area contributed by atoms with Gasteiger partial charge in [0.1, 0.15) is 0 Å². The summed E-state index contributed by atoms with van der Waals surface area (Å²) in [5, 5.41) is 0. The third kappa shape index (κ3) is 5.14. The summed E-state index contributed by atoms with van der Waals surface area (Å²) in [7, 11) is 0. The first-order chi connectivity index (χ1) is 3.81. The molecule has 48 valence electrons. The Balaban J connectivity index is 2.97. The molecule has 0 heterocycles. The molecule has 1 unspecified atom stereocenters. The van der Waals surface area contributed by atoms with Gasteiger partial charge in [-0.05, 0) is 21.7 Å². The lowest BCUT2D eigenvalue weighted by Gasteiger charge is -2.01. The van der Waals surface area contributed by atoms with Crippen LogP contribution in [-0.4, -0.2) is 11.9 Å². The minimum absolute atomic E-state index is 0.0737. The van der Waals surface area contributed by atoms with E-state index in [1.165, 1.54) is 6.16 Å². The molecule has 1 atom stereocenters. The standard InChI is InChI=1S/C5H10BrPS/c1-3-5-8-7(6)4-2/h3H,1,4-5H2,2H3. The molecule has 0 radical (unpaired) electrons. The molecule has 3 heteroatoms. The molecule has 0 amide bonds. The molecule has 0 aromatic carbocycles. The Morgan fingerprint density at radius 1 is 1.88 bits per heavy atom. The van der Waals surface area contributed by atoms with Crippen molar-refractivity contribution in [3.63, 3.8) is 0 Å². The summed E-state index contributed by atoms with van der Waals surface area (Å²) in [5.41, 5.74) is 0. The van der Waals surface area contributed by atoms with Crippen LogP contribution in [0, 0.1) is 0 Å². The molecule has 0 fully saturated rings. The minimum atomic E-state index is 0.0737. The topological polar surface area (TPSA) is 0 Å². The van der Waals surface area contributed by atoms with Crippen LogP contribution in [0.1, 0.15) is 6.92 Å². The smallest absolute Gasteiger partial charge is 0.0235 e. The average Bonchev–Trinajstić information content (AvgIpc) is 1.83. The van der Waals surface area contributed by atoms with Gasteiger partial charge >= 0.3 is 0 Å². The molecule has 0 spiro atoms. The zero-order valence-electron chi connectivity index (χ0n) is 4.93. The van der Waals surface area contributed by atoms with Crippen LogP contribution >= 0.6 is 32.7 Å². The minimum Gasteiger partial charge on any atom is -0.118 e. The molecule has 8 heavy (non-hydrogen) atoms. The highest BCUT2D eigenvalue weighted by Crippen LogP contribution is 2.56. The summed E-state index contributed by atoms with van der Waals surface area (Å²) in [6, 6.07) is 0. The van der Waals surface area contributed by atoms with Gasteiger partial charge in [0.05, 0.1) is 0 Å². The maximum Gasteiger partial charge on any atom is 0.0235 e. The third-order valence-corrected chi connectivity index (χ3v) is 7.15. The Morgan fingerprint density at radius 2 is 2.50 bits per heavy atom. The summed E-state index contributed by atoms with van der Waals surface area (Å²) in [6.45, 7) is 5.83. The molecule has 0 bridgehead atoms. The molecular formula is C5H10BrPS. The Morgan fingerprint density at radius 3 is 2.88 bits per heavy atom. The molecule has 0 aliphatic carbocycles. The number of rotatable bonds is 4. The normalized spacial score (nSPS) is 13.2. The second kappa shape index (κ2) is 6.12. The lowest BCUT2D eigenvalue weighted by atomic mass is 10.8. The molecule has 0 rings (SSSR count). The van der Waals surface area contributed by atoms with Gasteiger partial charge in [-0.15, -0.1) is 18.0 Å². The van der Waals surface area contributed by atoms with Crippen LogP contribution in [0.4, 0.5) is 0 Å². The van der Waals surface area contributed by atoms with E-state index in [0.29, 0.717) is 0 Å². The van der Waals surface area contributed by atoms with Gasteiger partial charge in [0.25, 0.3) is 0 Å². The van der Waals surface area contributed by atoms with Crippen LogP contribution in [0.5, 0.6) is 0 Å². The first-order valence-corrected chi connectivity index (χ1v) is 7.62. The highest BCUT2D eigenvalue weighted by Gasteiger charge is 1.95. The van der Waals surface area contributed by atoms with Crippen molar-refractivity contribution in [2.75, 3.05) is 11.9 Å². The van der Waals surface area contributed by atoms with Gasteiger partial charge in [0.15, 0.2) is 0 Å². The molecule has 0 aliphatic rings. The lowest BCUT2D eigenvalue weighted by molar-refractivity contribution is 1.53. The van der Waals surface area contributed by atoms with Crippen LogP contribution in [-0.2, 0) is 0 Å². The van der Waals surface area contributed by atoms with Crippen LogP contribution in [0.2, 0.25) is 0 Å². The molecule has 0 saturated heterocycles. The van der Waals surface area contributed by atoms with E-state index in [4.69, 9.17) is 0 Å². The highest BCUT2D eigenvalue weighted by atomic mass is 79.9. The maximum absolute atomic E-state index is 3.64. The summed E-state index contributed by atoms with van der Waals surface area (Å²) >= 11 is 5.50. The van der Waals surface area contributed by atoms with E-state index in [1.807, 2.05) is 17.5 Å². The van der Waals surface area contributed by atoms with Gasteiger partial charge in [-0.2, -0.15) is 0 Å². The quantitative estimate of drug-likeness (QED) is 0.507. The number of hydrogen-bond acceptors (Lipinski definition) is 1. The fraction of sp³-hybridized carbons (Fsp3) is 0.600. The third-order valence-electron chi connectivity index (χ3n) is 0.581. The van der Waals surface area contributed by atoms with Crippen LogP contribution in [0.25, 0.3) is 0 Å². The van der Waals surface area contributed by atoms with Gasteiger partial charge in [-0.25, -0.2) is 0 Å². The lowest BCUT2D eigenvalue weighted by Crippen LogP contribution is -1.65. The van der Waals surface area contributed by atoms with Crippen molar-refractivity contribution in [1.29, 1.82) is 0 Å². The van der Waals surface area contributed by atoms with Crippen molar-refractivity contribution in [2.24, 2.45) is 0 Å². The van der Waals surface area contributed by atoms with Crippen molar-refractivity contribution in [2.45, 2.75) is 6.92 Å². The van der Waals surface area contributed by atoms with E-state index in [2.05, 4.69) is 29.0 Å². The van der Waals surface area contributed by atoms with Gasteiger partial charge in [-0.3, -0.25) is 0 Å². The Hall–Kier alpha value is 1.00. The Kier molecular flexibility index (Phi) is 6.89. The Labute approximate surface area is 64.4 Å². The van der Waals surface area contributed by atoms with E-state index >= 15 is 0 Å². The van der Waals surface area contributed by atoms with Crippen LogP contribution in [0.3, 0.4) is 0 Å². The van der Waals surface area contributed by atoms with E-state index in [-0.39, 0.29) is 5.83 Å². The van der Waals surface area contributed by atoms with Crippen molar-refractivity contribution in [1.82, 2.24) is 0 Å². The average molecular weight is 213 g/mol. The monoisotopic (exact) mass is 212 g/mol. The van der Waals surface area contributed by atoms with E-state index in [9.17, 15) is 0 Å². The van der Waals surface area contributed by atoms with E-state index in [0.717, 1.165) is 5.75 Å². The highest BCUT2D eigenvalue weighted by molar-refractivity contribution is 9.48. The number of hydrogen-bond donors (Lipinski definition) is 0. The van der Waals surface area contributed by atoms with Gasteiger partial charge in [0.2, 0.25) is 0 Å². The van der Waals surface area contributed by atoms with Crippen LogP contribution < -0.4 is 0 Å². The molecule has 0 saturated carbocycles. The largest absolute Gasteiger partial charge is 0.118 e. The van der Waals surface area contributed by atoms with Crippen LogP contribution in [0.15, 0.2) is 12.7 Å². The molecule has 0 N–H and O–H groups in total. The second-order valence-corrected chi connectivity index (χ2v) is 9.15. The van der Waals surface area contributed by atoms with Crippen molar-refractivity contribution in [3.8, 4) is 0 Å². The zero-order valence-corrected chi connectivity index (χ0v) is 8.23. The molecule has 0 aromatic heterocycles. The van der Waals surface area contributed by atoms with Gasteiger partial charge in [0, 0.05) is 11.6 Å². The summed E-state index contributed by atoms with van der Waals surface area (Å²) in [4.78, 5) is 0.